The van der Waals surface area contributed by atoms with E-state index in [1.807, 2.05) is 29.1 Å². The third-order valence-corrected chi connectivity index (χ3v) is 4.38. The summed E-state index contributed by atoms with van der Waals surface area (Å²) in [6.45, 7) is 2.46. The molecule has 1 saturated heterocycles. The maximum Gasteiger partial charge on any atom is 0.224 e. The van der Waals surface area contributed by atoms with Gasteiger partial charge in [-0.2, -0.15) is 5.10 Å². The zero-order valence-corrected chi connectivity index (χ0v) is 14.2. The zero-order valence-electron chi connectivity index (χ0n) is 14.2. The second-order valence-corrected chi connectivity index (χ2v) is 6.34. The Hall–Kier alpha value is -2.47. The van der Waals surface area contributed by atoms with Gasteiger partial charge in [0.1, 0.15) is 0 Å². The van der Waals surface area contributed by atoms with Gasteiger partial charge in [0.15, 0.2) is 5.78 Å². The molecule has 1 aliphatic rings. The average Bonchev–Trinajstić information content (AvgIpc) is 3.08. The van der Waals surface area contributed by atoms with Crippen LogP contribution in [-0.4, -0.2) is 34.7 Å². The van der Waals surface area contributed by atoms with Crippen LogP contribution in [-0.2, 0) is 16.1 Å². The molecule has 1 aliphatic heterocycles. The van der Waals surface area contributed by atoms with Crippen LogP contribution >= 0.6 is 0 Å². The molecule has 0 aliphatic carbocycles. The molecule has 6 nitrogen and oxygen atoms in total. The highest BCUT2D eigenvalue weighted by Gasteiger charge is 2.15. The first-order valence-electron chi connectivity index (χ1n) is 8.69. The summed E-state index contributed by atoms with van der Waals surface area (Å²) < 4.78 is 7.22. The number of anilines is 1. The lowest BCUT2D eigenvalue weighted by molar-refractivity contribution is -0.116. The van der Waals surface area contributed by atoms with Crippen molar-refractivity contribution in [1.82, 2.24) is 9.78 Å². The van der Waals surface area contributed by atoms with Gasteiger partial charge in [0.2, 0.25) is 5.91 Å². The number of hydrogen-bond acceptors (Lipinski definition) is 4. The van der Waals surface area contributed by atoms with Gasteiger partial charge in [-0.1, -0.05) is 30.3 Å². The first-order chi connectivity index (χ1) is 12.2. The van der Waals surface area contributed by atoms with Crippen molar-refractivity contribution in [3.8, 4) is 0 Å². The standard InChI is InChI=1S/C19H23N3O3/c23-18(16-4-2-1-3-5-16)6-7-19(24)21-17-12-20-22(14-17)13-15-8-10-25-11-9-15/h1-5,12,14-15H,6-11,13H2,(H,21,24). The van der Waals surface area contributed by atoms with E-state index in [9.17, 15) is 9.59 Å². The van der Waals surface area contributed by atoms with Gasteiger partial charge < -0.3 is 10.1 Å². The van der Waals surface area contributed by atoms with E-state index in [2.05, 4.69) is 10.4 Å². The number of carbonyl (C=O) groups is 2. The fourth-order valence-electron chi connectivity index (χ4n) is 2.94. The Morgan fingerprint density at radius 1 is 1.16 bits per heavy atom. The molecule has 1 amide bonds. The number of benzene rings is 1. The summed E-state index contributed by atoms with van der Waals surface area (Å²) in [4.78, 5) is 24.1. The Morgan fingerprint density at radius 3 is 2.68 bits per heavy atom. The lowest BCUT2D eigenvalue weighted by Gasteiger charge is -2.21. The van der Waals surface area contributed by atoms with Crippen molar-refractivity contribution >= 4 is 17.4 Å². The molecule has 1 fully saturated rings. The highest BCUT2D eigenvalue weighted by atomic mass is 16.5. The van der Waals surface area contributed by atoms with Gasteiger partial charge in [0.25, 0.3) is 0 Å². The SMILES string of the molecule is O=C(CCC(=O)c1ccccc1)Nc1cnn(CC2CCOCC2)c1. The summed E-state index contributed by atoms with van der Waals surface area (Å²) in [7, 11) is 0. The molecule has 0 saturated carbocycles. The molecule has 2 aromatic rings. The van der Waals surface area contributed by atoms with E-state index in [-0.39, 0.29) is 24.5 Å². The number of ether oxygens (including phenoxy) is 1. The molecule has 25 heavy (non-hydrogen) atoms. The van der Waals surface area contributed by atoms with Gasteiger partial charge in [0.05, 0.1) is 11.9 Å². The normalized spacial score (nSPS) is 15.0. The summed E-state index contributed by atoms with van der Waals surface area (Å²) in [5.74, 6) is 0.376. The summed E-state index contributed by atoms with van der Waals surface area (Å²) in [6, 6.07) is 9.03. The van der Waals surface area contributed by atoms with Gasteiger partial charge in [-0.3, -0.25) is 14.3 Å². The number of hydrogen-bond donors (Lipinski definition) is 1. The van der Waals surface area contributed by atoms with Crippen LogP contribution in [0, 0.1) is 5.92 Å². The number of rotatable bonds is 7. The molecule has 3 rings (SSSR count). The lowest BCUT2D eigenvalue weighted by Crippen LogP contribution is -2.20. The van der Waals surface area contributed by atoms with Crippen LogP contribution in [0.5, 0.6) is 0 Å². The molecule has 2 heterocycles. The fraction of sp³-hybridized carbons (Fsp3) is 0.421. The van der Waals surface area contributed by atoms with Gasteiger partial charge in [-0.15, -0.1) is 0 Å². The minimum absolute atomic E-state index is 0.0223. The highest BCUT2D eigenvalue weighted by molar-refractivity contribution is 5.99. The second kappa shape index (κ2) is 8.58. The summed E-state index contributed by atoms with van der Waals surface area (Å²) in [6.07, 6.45) is 5.94. The molecular formula is C19H23N3O3. The van der Waals surface area contributed by atoms with E-state index in [1.54, 1.807) is 18.3 Å². The molecule has 132 valence electrons. The predicted octanol–water partition coefficient (Wildman–Crippen LogP) is 2.91. The highest BCUT2D eigenvalue weighted by Crippen LogP contribution is 2.17. The third-order valence-electron chi connectivity index (χ3n) is 4.38. The Bertz CT molecular complexity index is 706. The van der Waals surface area contributed by atoms with Crippen LogP contribution in [0.2, 0.25) is 0 Å². The van der Waals surface area contributed by atoms with E-state index in [4.69, 9.17) is 4.74 Å². The van der Waals surface area contributed by atoms with Crippen LogP contribution < -0.4 is 5.32 Å². The number of nitrogens with zero attached hydrogens (tertiary/aromatic N) is 2. The van der Waals surface area contributed by atoms with E-state index in [0.717, 1.165) is 32.6 Å². The van der Waals surface area contributed by atoms with Crippen molar-refractivity contribution in [2.24, 2.45) is 5.92 Å². The number of carbonyl (C=O) groups excluding carboxylic acids is 2. The zero-order chi connectivity index (χ0) is 17.5. The Kier molecular flexibility index (Phi) is 5.95. The summed E-state index contributed by atoms with van der Waals surface area (Å²) in [5, 5.41) is 7.11. The molecule has 0 spiro atoms. The van der Waals surface area contributed by atoms with Gasteiger partial charge in [-0.25, -0.2) is 0 Å². The first-order valence-corrected chi connectivity index (χ1v) is 8.69. The second-order valence-electron chi connectivity index (χ2n) is 6.34. The van der Waals surface area contributed by atoms with Crippen molar-refractivity contribution < 1.29 is 14.3 Å². The molecular weight excluding hydrogens is 318 g/mol. The van der Waals surface area contributed by atoms with E-state index in [1.165, 1.54) is 0 Å². The third kappa shape index (κ3) is 5.26. The van der Waals surface area contributed by atoms with E-state index in [0.29, 0.717) is 17.2 Å². The largest absolute Gasteiger partial charge is 0.381 e. The molecule has 0 atom stereocenters. The summed E-state index contributed by atoms with van der Waals surface area (Å²) >= 11 is 0. The molecule has 6 heteroatoms. The van der Waals surface area contributed by atoms with Gasteiger partial charge in [-0.05, 0) is 18.8 Å². The lowest BCUT2D eigenvalue weighted by atomic mass is 10.0. The number of nitrogens with one attached hydrogen (secondary N) is 1. The van der Waals surface area contributed by atoms with Crippen LogP contribution in [0.3, 0.4) is 0 Å². The van der Waals surface area contributed by atoms with Crippen molar-refractivity contribution in [3.63, 3.8) is 0 Å². The Balaban J connectivity index is 1.44. The topological polar surface area (TPSA) is 73.2 Å². The Labute approximate surface area is 147 Å². The molecule has 1 aromatic carbocycles. The maximum absolute atomic E-state index is 12.0. The first kappa shape index (κ1) is 17.4. The number of aromatic nitrogens is 2. The molecule has 0 unspecified atom stereocenters. The van der Waals surface area contributed by atoms with Crippen molar-refractivity contribution in [2.45, 2.75) is 32.2 Å². The van der Waals surface area contributed by atoms with Crippen molar-refractivity contribution in [3.05, 3.63) is 48.3 Å². The van der Waals surface area contributed by atoms with E-state index >= 15 is 0 Å². The molecule has 1 N–H and O–H groups in total. The van der Waals surface area contributed by atoms with Crippen LogP contribution in [0.15, 0.2) is 42.7 Å². The van der Waals surface area contributed by atoms with Crippen LogP contribution in [0.1, 0.15) is 36.0 Å². The van der Waals surface area contributed by atoms with Crippen molar-refractivity contribution in [2.75, 3.05) is 18.5 Å². The number of Topliss-reactive ketones (excluding diaryl/α,β-unsaturated/α-hetero) is 1. The number of amides is 1. The smallest absolute Gasteiger partial charge is 0.224 e. The minimum atomic E-state index is -0.171. The fourth-order valence-corrected chi connectivity index (χ4v) is 2.94. The van der Waals surface area contributed by atoms with Gasteiger partial charge >= 0.3 is 0 Å². The molecule has 0 radical (unpaired) electrons. The molecule has 0 bridgehead atoms. The average molecular weight is 341 g/mol. The quantitative estimate of drug-likeness (QED) is 0.786. The van der Waals surface area contributed by atoms with Crippen molar-refractivity contribution in [1.29, 1.82) is 0 Å². The predicted molar refractivity (Wildman–Crippen MR) is 94.4 cm³/mol. The maximum atomic E-state index is 12.0. The monoisotopic (exact) mass is 341 g/mol. The number of ketones is 1. The van der Waals surface area contributed by atoms with Crippen LogP contribution in [0.25, 0.3) is 0 Å². The van der Waals surface area contributed by atoms with Crippen LogP contribution in [0.4, 0.5) is 5.69 Å². The molecule has 1 aromatic heterocycles. The Morgan fingerprint density at radius 2 is 1.92 bits per heavy atom. The van der Waals surface area contributed by atoms with Gasteiger partial charge in [0, 0.05) is 44.4 Å². The van der Waals surface area contributed by atoms with E-state index < -0.39 is 0 Å². The summed E-state index contributed by atoms with van der Waals surface area (Å²) in [5.41, 5.74) is 1.31. The minimum Gasteiger partial charge on any atom is -0.381 e.